The zero-order valence-corrected chi connectivity index (χ0v) is 12.3. The summed E-state index contributed by atoms with van der Waals surface area (Å²) in [5.74, 6) is 1.56. The van der Waals surface area contributed by atoms with Crippen LogP contribution in [0.4, 0.5) is 11.8 Å². The Kier molecular flexibility index (Phi) is 4.45. The lowest BCUT2D eigenvalue weighted by Crippen LogP contribution is -2.21. The molecule has 6 heteroatoms. The largest absolute Gasteiger partial charge is 0.362 e. The standard InChI is InChI=1S/C14H20N6/c1-10-8-17-14(19-13(10)20(3)4)18-11(2)7-12-9-15-5-6-16-12/h5-6,8-9,11H,7H2,1-4H3,(H,17,18,19)/t11-/m1/s1. The van der Waals surface area contributed by atoms with Crippen molar-refractivity contribution in [2.24, 2.45) is 0 Å². The number of aromatic nitrogens is 4. The Hall–Kier alpha value is -2.24. The summed E-state index contributed by atoms with van der Waals surface area (Å²) < 4.78 is 0. The highest BCUT2D eigenvalue weighted by atomic mass is 15.2. The van der Waals surface area contributed by atoms with Crippen molar-refractivity contribution in [3.05, 3.63) is 36.0 Å². The lowest BCUT2D eigenvalue weighted by atomic mass is 10.2. The average molecular weight is 272 g/mol. The van der Waals surface area contributed by atoms with E-state index in [2.05, 4.69) is 32.2 Å². The van der Waals surface area contributed by atoms with Gasteiger partial charge in [0.25, 0.3) is 0 Å². The first-order valence-electron chi connectivity index (χ1n) is 6.58. The van der Waals surface area contributed by atoms with Gasteiger partial charge in [0.1, 0.15) is 5.82 Å². The molecule has 2 rings (SSSR count). The third kappa shape index (κ3) is 3.63. The molecule has 2 aromatic heterocycles. The molecular formula is C14H20N6. The Morgan fingerprint density at radius 2 is 2.00 bits per heavy atom. The van der Waals surface area contributed by atoms with Crippen LogP contribution in [0.25, 0.3) is 0 Å². The minimum absolute atomic E-state index is 0.185. The number of aryl methyl sites for hydroxylation is 1. The van der Waals surface area contributed by atoms with E-state index in [0.717, 1.165) is 23.5 Å². The smallest absolute Gasteiger partial charge is 0.224 e. The van der Waals surface area contributed by atoms with E-state index in [1.807, 2.05) is 32.1 Å². The highest BCUT2D eigenvalue weighted by molar-refractivity contribution is 5.47. The van der Waals surface area contributed by atoms with Crippen molar-refractivity contribution >= 4 is 11.8 Å². The second-order valence-corrected chi connectivity index (χ2v) is 5.04. The third-order valence-electron chi connectivity index (χ3n) is 2.88. The molecule has 0 saturated heterocycles. The second-order valence-electron chi connectivity index (χ2n) is 5.04. The molecule has 2 heterocycles. The van der Waals surface area contributed by atoms with Crippen LogP contribution in [0.3, 0.4) is 0 Å². The Labute approximate surface area is 119 Å². The van der Waals surface area contributed by atoms with Crippen LogP contribution >= 0.6 is 0 Å². The van der Waals surface area contributed by atoms with Gasteiger partial charge in [0.05, 0.1) is 5.69 Å². The van der Waals surface area contributed by atoms with Crippen molar-refractivity contribution in [2.45, 2.75) is 26.3 Å². The molecule has 0 aromatic carbocycles. The normalized spacial score (nSPS) is 12.0. The molecule has 20 heavy (non-hydrogen) atoms. The molecule has 0 bridgehead atoms. The van der Waals surface area contributed by atoms with Gasteiger partial charge in [0.2, 0.25) is 5.95 Å². The highest BCUT2D eigenvalue weighted by Crippen LogP contribution is 2.15. The molecule has 2 aromatic rings. The van der Waals surface area contributed by atoms with Gasteiger partial charge in [-0.1, -0.05) is 0 Å². The van der Waals surface area contributed by atoms with Crippen LogP contribution in [0.2, 0.25) is 0 Å². The molecule has 0 aliphatic carbocycles. The summed E-state index contributed by atoms with van der Waals surface area (Å²) in [6, 6.07) is 0.185. The fourth-order valence-corrected chi connectivity index (χ4v) is 1.98. The molecule has 106 valence electrons. The molecule has 0 amide bonds. The van der Waals surface area contributed by atoms with E-state index in [0.29, 0.717) is 5.95 Å². The Morgan fingerprint density at radius 3 is 2.65 bits per heavy atom. The van der Waals surface area contributed by atoms with Gasteiger partial charge in [-0.15, -0.1) is 0 Å². The minimum Gasteiger partial charge on any atom is -0.362 e. The molecule has 0 spiro atoms. The van der Waals surface area contributed by atoms with Crippen molar-refractivity contribution in [1.29, 1.82) is 0 Å². The summed E-state index contributed by atoms with van der Waals surface area (Å²) in [7, 11) is 3.95. The van der Waals surface area contributed by atoms with E-state index in [4.69, 9.17) is 0 Å². The molecule has 6 nitrogen and oxygen atoms in total. The van der Waals surface area contributed by atoms with Crippen LogP contribution in [0.5, 0.6) is 0 Å². The van der Waals surface area contributed by atoms with Crippen molar-refractivity contribution in [2.75, 3.05) is 24.3 Å². The Balaban J connectivity index is 2.04. The van der Waals surface area contributed by atoms with Crippen LogP contribution in [0.15, 0.2) is 24.8 Å². The van der Waals surface area contributed by atoms with E-state index in [9.17, 15) is 0 Å². The van der Waals surface area contributed by atoms with Crippen molar-refractivity contribution < 1.29 is 0 Å². The van der Waals surface area contributed by atoms with E-state index < -0.39 is 0 Å². The predicted octanol–water partition coefficient (Wildman–Crippen LogP) is 1.68. The number of hydrogen-bond donors (Lipinski definition) is 1. The van der Waals surface area contributed by atoms with Gasteiger partial charge < -0.3 is 10.2 Å². The topological polar surface area (TPSA) is 66.8 Å². The van der Waals surface area contributed by atoms with Crippen LogP contribution < -0.4 is 10.2 Å². The summed E-state index contributed by atoms with van der Waals surface area (Å²) in [5.41, 5.74) is 2.01. The van der Waals surface area contributed by atoms with Gasteiger partial charge in [-0.05, 0) is 13.8 Å². The highest BCUT2D eigenvalue weighted by Gasteiger charge is 2.09. The molecule has 0 unspecified atom stereocenters. The average Bonchev–Trinajstić information content (AvgIpc) is 2.41. The van der Waals surface area contributed by atoms with Crippen molar-refractivity contribution in [1.82, 2.24) is 19.9 Å². The Bertz CT molecular complexity index is 555. The van der Waals surface area contributed by atoms with Gasteiger partial charge >= 0.3 is 0 Å². The SMILES string of the molecule is Cc1cnc(N[C@H](C)Cc2cnccn2)nc1N(C)C. The molecule has 1 atom stereocenters. The lowest BCUT2D eigenvalue weighted by Gasteiger charge is -2.17. The maximum atomic E-state index is 4.52. The van der Waals surface area contributed by atoms with Gasteiger partial charge in [0.15, 0.2) is 0 Å². The maximum Gasteiger partial charge on any atom is 0.224 e. The lowest BCUT2D eigenvalue weighted by molar-refractivity contribution is 0.753. The summed E-state index contributed by atoms with van der Waals surface area (Å²) in [6.07, 6.45) is 7.77. The van der Waals surface area contributed by atoms with Gasteiger partial charge in [-0.2, -0.15) is 4.98 Å². The van der Waals surface area contributed by atoms with Gasteiger partial charge in [0, 0.05) is 56.9 Å². The molecule has 0 radical (unpaired) electrons. The molecule has 0 aliphatic heterocycles. The third-order valence-corrected chi connectivity index (χ3v) is 2.88. The van der Waals surface area contributed by atoms with Gasteiger partial charge in [-0.25, -0.2) is 4.98 Å². The number of hydrogen-bond acceptors (Lipinski definition) is 6. The van der Waals surface area contributed by atoms with Crippen LogP contribution in [0, 0.1) is 6.92 Å². The molecule has 1 N–H and O–H groups in total. The summed E-state index contributed by atoms with van der Waals surface area (Å²) in [5, 5.41) is 3.30. The van der Waals surface area contributed by atoms with Crippen molar-refractivity contribution in [3.8, 4) is 0 Å². The Morgan fingerprint density at radius 1 is 1.20 bits per heavy atom. The quantitative estimate of drug-likeness (QED) is 0.893. The molecule has 0 fully saturated rings. The first-order chi connectivity index (χ1) is 9.56. The van der Waals surface area contributed by atoms with Crippen LogP contribution in [-0.2, 0) is 6.42 Å². The van der Waals surface area contributed by atoms with E-state index in [1.54, 1.807) is 18.6 Å². The fraction of sp³-hybridized carbons (Fsp3) is 0.429. The summed E-state index contributed by atoms with van der Waals surface area (Å²) in [4.78, 5) is 19.2. The monoisotopic (exact) mass is 272 g/mol. The molecule has 0 saturated carbocycles. The van der Waals surface area contributed by atoms with Crippen LogP contribution in [-0.4, -0.2) is 40.1 Å². The zero-order valence-electron chi connectivity index (χ0n) is 12.3. The van der Waals surface area contributed by atoms with E-state index in [-0.39, 0.29) is 6.04 Å². The first kappa shape index (κ1) is 14.2. The van der Waals surface area contributed by atoms with Crippen molar-refractivity contribution in [3.63, 3.8) is 0 Å². The zero-order chi connectivity index (χ0) is 14.5. The van der Waals surface area contributed by atoms with E-state index in [1.165, 1.54) is 0 Å². The van der Waals surface area contributed by atoms with Gasteiger partial charge in [-0.3, -0.25) is 9.97 Å². The number of rotatable bonds is 5. The maximum absolute atomic E-state index is 4.52. The van der Waals surface area contributed by atoms with E-state index >= 15 is 0 Å². The fourth-order valence-electron chi connectivity index (χ4n) is 1.98. The molecule has 0 aliphatic rings. The van der Waals surface area contributed by atoms with Crippen LogP contribution in [0.1, 0.15) is 18.2 Å². The number of nitrogens with one attached hydrogen (secondary N) is 1. The first-order valence-corrected chi connectivity index (χ1v) is 6.58. The minimum atomic E-state index is 0.185. The summed E-state index contributed by atoms with van der Waals surface area (Å²) >= 11 is 0. The number of anilines is 2. The summed E-state index contributed by atoms with van der Waals surface area (Å²) in [6.45, 7) is 4.08. The number of nitrogens with zero attached hydrogens (tertiary/aromatic N) is 5. The second kappa shape index (κ2) is 6.27. The predicted molar refractivity (Wildman–Crippen MR) is 79.9 cm³/mol. The molecular weight excluding hydrogens is 252 g/mol.